The summed E-state index contributed by atoms with van der Waals surface area (Å²) in [6.45, 7) is 0.825. The summed E-state index contributed by atoms with van der Waals surface area (Å²) >= 11 is 0. The maximum Gasteiger partial charge on any atom is 0.323 e. The van der Waals surface area contributed by atoms with Crippen LogP contribution in [0.2, 0.25) is 0 Å². The van der Waals surface area contributed by atoms with E-state index in [0.29, 0.717) is 30.4 Å². The summed E-state index contributed by atoms with van der Waals surface area (Å²) < 4.78 is 5.63. The molecule has 0 radical (unpaired) electrons. The summed E-state index contributed by atoms with van der Waals surface area (Å²) in [5.74, 6) is -1.84. The monoisotopic (exact) mass is 347 g/mol. The number of carboxylic acid groups (broad SMARTS) is 1. The number of rotatable bonds is 9. The van der Waals surface area contributed by atoms with Crippen molar-refractivity contribution in [3.63, 3.8) is 0 Å². The molecule has 0 heterocycles. The minimum atomic E-state index is -1.25. The van der Waals surface area contributed by atoms with E-state index in [0.717, 1.165) is 0 Å². The Labute approximate surface area is 138 Å². The van der Waals surface area contributed by atoms with Crippen LogP contribution >= 0.6 is 24.8 Å². The molecule has 9 heteroatoms. The molecule has 1 unspecified atom stereocenters. The van der Waals surface area contributed by atoms with Gasteiger partial charge in [0.1, 0.15) is 12.6 Å². The smallest absolute Gasteiger partial charge is 0.323 e. The van der Waals surface area contributed by atoms with Crippen LogP contribution in [-0.4, -0.2) is 62.8 Å². The molecular weight excluding hydrogens is 321 g/mol. The SMILES string of the molecule is C[N+](C)(C)CC(CC(=O)[O-])OC(=O)[C@@H](N)CCCN.Cl.Cl. The third kappa shape index (κ3) is 14.1. The fraction of sp³-hybridized carbons (Fsp3) is 0.833. The van der Waals surface area contributed by atoms with Crippen molar-refractivity contribution in [3.8, 4) is 0 Å². The number of carboxylic acids is 1. The molecule has 0 aromatic rings. The van der Waals surface area contributed by atoms with E-state index in [4.69, 9.17) is 16.2 Å². The zero-order valence-corrected chi connectivity index (χ0v) is 14.4. The molecule has 0 aromatic heterocycles. The van der Waals surface area contributed by atoms with Crippen molar-refractivity contribution < 1.29 is 23.9 Å². The third-order valence-electron chi connectivity index (χ3n) is 2.45. The van der Waals surface area contributed by atoms with E-state index in [9.17, 15) is 14.7 Å². The molecule has 0 aliphatic heterocycles. The Balaban J connectivity index is -0.00000162. The number of quaternary nitrogens is 1. The molecule has 0 saturated carbocycles. The Hall–Kier alpha value is -0.600. The summed E-state index contributed by atoms with van der Waals surface area (Å²) in [5.41, 5.74) is 11.0. The zero-order valence-electron chi connectivity index (χ0n) is 12.7. The van der Waals surface area contributed by atoms with Crippen LogP contribution in [0.4, 0.5) is 0 Å². The van der Waals surface area contributed by atoms with Crippen molar-refractivity contribution in [2.24, 2.45) is 11.5 Å². The molecule has 21 heavy (non-hydrogen) atoms. The van der Waals surface area contributed by atoms with Crippen LogP contribution in [0.1, 0.15) is 19.3 Å². The maximum atomic E-state index is 11.7. The fourth-order valence-corrected chi connectivity index (χ4v) is 1.65. The molecule has 0 amide bonds. The molecule has 0 saturated heterocycles. The molecule has 4 N–H and O–H groups in total. The lowest BCUT2D eigenvalue weighted by Gasteiger charge is -2.29. The highest BCUT2D eigenvalue weighted by Gasteiger charge is 2.25. The van der Waals surface area contributed by atoms with Gasteiger partial charge in [0, 0.05) is 12.4 Å². The van der Waals surface area contributed by atoms with Gasteiger partial charge in [0.2, 0.25) is 0 Å². The van der Waals surface area contributed by atoms with Crippen LogP contribution in [0.15, 0.2) is 0 Å². The summed E-state index contributed by atoms with van der Waals surface area (Å²) in [5, 5.41) is 10.7. The van der Waals surface area contributed by atoms with E-state index in [1.807, 2.05) is 21.1 Å². The van der Waals surface area contributed by atoms with Crippen molar-refractivity contribution in [1.82, 2.24) is 0 Å². The summed E-state index contributed by atoms with van der Waals surface area (Å²) in [4.78, 5) is 22.4. The summed E-state index contributed by atoms with van der Waals surface area (Å²) in [7, 11) is 5.64. The Kier molecular flexibility index (Phi) is 14.5. The van der Waals surface area contributed by atoms with Gasteiger partial charge in [-0.1, -0.05) is 0 Å². The zero-order chi connectivity index (χ0) is 15.1. The molecule has 0 aliphatic carbocycles. The second-order valence-electron chi connectivity index (χ2n) is 5.65. The predicted octanol–water partition coefficient (Wildman–Crippen LogP) is -1.35. The van der Waals surface area contributed by atoms with Gasteiger partial charge in [0.15, 0.2) is 6.10 Å². The molecule has 128 valence electrons. The molecule has 7 nitrogen and oxygen atoms in total. The van der Waals surface area contributed by atoms with Crippen LogP contribution in [0.5, 0.6) is 0 Å². The normalized spacial score (nSPS) is 13.4. The van der Waals surface area contributed by atoms with Gasteiger partial charge in [-0.05, 0) is 19.4 Å². The van der Waals surface area contributed by atoms with E-state index >= 15 is 0 Å². The number of ether oxygens (including phenoxy) is 1. The van der Waals surface area contributed by atoms with E-state index in [1.54, 1.807) is 0 Å². The van der Waals surface area contributed by atoms with Gasteiger partial charge in [-0.3, -0.25) is 4.79 Å². The minimum absolute atomic E-state index is 0. The van der Waals surface area contributed by atoms with Gasteiger partial charge in [-0.15, -0.1) is 24.8 Å². The van der Waals surface area contributed by atoms with Gasteiger partial charge in [-0.25, -0.2) is 0 Å². The van der Waals surface area contributed by atoms with Gasteiger partial charge < -0.3 is 30.6 Å². The molecule has 0 spiro atoms. The second-order valence-corrected chi connectivity index (χ2v) is 5.65. The number of hydrogen-bond acceptors (Lipinski definition) is 6. The highest BCUT2D eigenvalue weighted by molar-refractivity contribution is 5.85. The van der Waals surface area contributed by atoms with E-state index in [-0.39, 0.29) is 31.2 Å². The van der Waals surface area contributed by atoms with Crippen molar-refractivity contribution in [3.05, 3.63) is 0 Å². The molecule has 0 rings (SSSR count). The molecular formula is C12H27Cl2N3O4. The van der Waals surface area contributed by atoms with Crippen molar-refractivity contribution >= 4 is 36.8 Å². The number of nitrogens with zero attached hydrogens (tertiary/aromatic N) is 1. The highest BCUT2D eigenvalue weighted by Crippen LogP contribution is 2.07. The minimum Gasteiger partial charge on any atom is -0.550 e. The summed E-state index contributed by atoms with van der Waals surface area (Å²) in [6.07, 6.45) is -0.0132. The summed E-state index contributed by atoms with van der Waals surface area (Å²) in [6, 6.07) is -0.764. The lowest BCUT2D eigenvalue weighted by molar-refractivity contribution is -0.873. The molecule has 0 fully saturated rings. The number of nitrogens with two attached hydrogens (primary N) is 2. The van der Waals surface area contributed by atoms with Gasteiger partial charge >= 0.3 is 5.97 Å². The van der Waals surface area contributed by atoms with E-state index in [2.05, 4.69) is 0 Å². The van der Waals surface area contributed by atoms with Crippen molar-refractivity contribution in [1.29, 1.82) is 0 Å². The van der Waals surface area contributed by atoms with Crippen LogP contribution < -0.4 is 16.6 Å². The van der Waals surface area contributed by atoms with Crippen molar-refractivity contribution in [2.45, 2.75) is 31.4 Å². The Morgan fingerprint density at radius 2 is 1.76 bits per heavy atom. The number of carbonyl (C=O) groups excluding carboxylic acids is 2. The number of aliphatic carboxylic acids is 1. The number of esters is 1. The van der Waals surface area contributed by atoms with Crippen molar-refractivity contribution in [2.75, 3.05) is 34.2 Å². The van der Waals surface area contributed by atoms with Gasteiger partial charge in [0.25, 0.3) is 0 Å². The first-order valence-corrected chi connectivity index (χ1v) is 6.32. The first kappa shape index (κ1) is 25.4. The van der Waals surface area contributed by atoms with Crippen LogP contribution in [0.25, 0.3) is 0 Å². The average molecular weight is 348 g/mol. The van der Waals surface area contributed by atoms with Gasteiger partial charge in [-0.2, -0.15) is 0 Å². The standard InChI is InChI=1S/C12H25N3O4.2ClH/c1-15(2,3)8-9(7-11(16)17)19-12(18)10(14)5-4-6-13;;/h9-10H,4-8,13-14H2,1-3H3;2*1H/t9?,10-;;/m0../s1. The lowest BCUT2D eigenvalue weighted by Crippen LogP contribution is -2.47. The first-order chi connectivity index (χ1) is 8.65. The van der Waals surface area contributed by atoms with Gasteiger partial charge in [0.05, 0.1) is 21.1 Å². The maximum absolute atomic E-state index is 11.7. The second kappa shape index (κ2) is 12.0. The van der Waals surface area contributed by atoms with E-state index < -0.39 is 24.1 Å². The quantitative estimate of drug-likeness (QED) is 0.393. The predicted molar refractivity (Wildman–Crippen MR) is 83.2 cm³/mol. The highest BCUT2D eigenvalue weighted by atomic mass is 35.5. The Morgan fingerprint density at radius 3 is 2.14 bits per heavy atom. The van der Waals surface area contributed by atoms with Crippen LogP contribution in [-0.2, 0) is 14.3 Å². The number of likely N-dealkylation sites (N-methyl/N-ethyl adjacent to an activating group) is 1. The molecule has 0 aliphatic rings. The third-order valence-corrected chi connectivity index (χ3v) is 2.45. The Morgan fingerprint density at radius 1 is 1.24 bits per heavy atom. The topological polar surface area (TPSA) is 118 Å². The Bertz CT molecular complexity index is 311. The first-order valence-electron chi connectivity index (χ1n) is 6.32. The number of hydrogen-bond donors (Lipinski definition) is 2. The number of halogens is 2. The van der Waals surface area contributed by atoms with E-state index in [1.165, 1.54) is 0 Å². The molecule has 2 atom stereocenters. The van der Waals surface area contributed by atoms with Crippen LogP contribution in [0, 0.1) is 0 Å². The molecule has 0 aromatic carbocycles. The molecule has 0 bridgehead atoms. The number of carbonyl (C=O) groups is 2. The average Bonchev–Trinajstić information content (AvgIpc) is 2.22. The van der Waals surface area contributed by atoms with Crippen LogP contribution in [0.3, 0.4) is 0 Å². The lowest BCUT2D eigenvalue weighted by atomic mass is 10.1. The fourth-order valence-electron chi connectivity index (χ4n) is 1.65. The largest absolute Gasteiger partial charge is 0.550 e.